The predicted octanol–water partition coefficient (Wildman–Crippen LogP) is 11.2. The molecule has 5 aromatic rings. The van der Waals surface area contributed by atoms with Crippen molar-refractivity contribution in [2.24, 2.45) is 0 Å². The Morgan fingerprint density at radius 2 is 1.36 bits per heavy atom. The van der Waals surface area contributed by atoms with Crippen molar-refractivity contribution in [1.29, 1.82) is 0 Å². The van der Waals surface area contributed by atoms with E-state index in [1.54, 1.807) is 27.4 Å². The van der Waals surface area contributed by atoms with Gasteiger partial charge in [-0.1, -0.05) is 68.5 Å². The Balaban J connectivity index is 1.40. The number of ether oxygens (including phenoxy) is 5. The van der Waals surface area contributed by atoms with Gasteiger partial charge in [0.2, 0.25) is 0 Å². The number of methoxy groups -OCH3 is 3. The van der Waals surface area contributed by atoms with Crippen LogP contribution < -0.4 is 23.7 Å². The van der Waals surface area contributed by atoms with Crippen molar-refractivity contribution in [3.8, 4) is 39.9 Å². The first-order chi connectivity index (χ1) is 25.7. The Kier molecular flexibility index (Phi) is 7.95. The van der Waals surface area contributed by atoms with Crippen LogP contribution in [0.2, 0.25) is 0 Å². The van der Waals surface area contributed by atoms with Crippen molar-refractivity contribution < 1.29 is 36.9 Å². The maximum atomic E-state index is 14.5. The average molecular weight is 719 g/mol. The summed E-state index contributed by atoms with van der Waals surface area (Å²) < 4.78 is 74.3. The van der Waals surface area contributed by atoms with Crippen LogP contribution >= 0.6 is 0 Å². The Hall–Kier alpha value is -5.11. The molecule has 2 aliphatic heterocycles. The molecule has 5 nitrogen and oxygen atoms in total. The van der Waals surface area contributed by atoms with E-state index in [-0.39, 0.29) is 0 Å². The summed E-state index contributed by atoms with van der Waals surface area (Å²) in [4.78, 5) is 0. The fraction of sp³-hybridized carbons (Fsp3) is 0.333. The van der Waals surface area contributed by atoms with Gasteiger partial charge >= 0.3 is 6.18 Å². The summed E-state index contributed by atoms with van der Waals surface area (Å²) in [5, 5.41) is 1.82. The lowest BCUT2D eigenvalue weighted by molar-refractivity contribution is -0.137. The first-order valence-corrected chi connectivity index (χ1v) is 18.5. The van der Waals surface area contributed by atoms with E-state index in [0.717, 1.165) is 112 Å². The molecule has 53 heavy (non-hydrogen) atoms. The largest absolute Gasteiger partial charge is 0.497 e. The van der Waals surface area contributed by atoms with Crippen LogP contribution in [0.5, 0.6) is 28.7 Å². The van der Waals surface area contributed by atoms with Crippen molar-refractivity contribution in [3.05, 3.63) is 118 Å². The minimum atomic E-state index is -4.46. The molecular formula is C45H41F3O5. The van der Waals surface area contributed by atoms with Gasteiger partial charge in [0, 0.05) is 44.9 Å². The molecular weight excluding hydrogens is 677 g/mol. The van der Waals surface area contributed by atoms with Crippen LogP contribution in [0.15, 0.2) is 78.9 Å². The van der Waals surface area contributed by atoms with Crippen molar-refractivity contribution in [2.75, 3.05) is 27.9 Å². The van der Waals surface area contributed by atoms with Gasteiger partial charge in [-0.15, -0.1) is 0 Å². The van der Waals surface area contributed by atoms with Crippen molar-refractivity contribution in [2.45, 2.75) is 68.6 Å². The molecule has 9 rings (SSSR count). The zero-order chi connectivity index (χ0) is 36.5. The monoisotopic (exact) mass is 718 g/mol. The molecule has 5 aromatic carbocycles. The second kappa shape index (κ2) is 12.5. The smallest absolute Gasteiger partial charge is 0.416 e. The van der Waals surface area contributed by atoms with E-state index in [1.807, 2.05) is 54.6 Å². The van der Waals surface area contributed by atoms with Gasteiger partial charge in [-0.2, -0.15) is 13.2 Å². The van der Waals surface area contributed by atoms with Crippen LogP contribution in [0.3, 0.4) is 0 Å². The molecule has 1 fully saturated rings. The lowest BCUT2D eigenvalue weighted by Crippen LogP contribution is -2.35. The third kappa shape index (κ3) is 5.04. The van der Waals surface area contributed by atoms with Crippen LogP contribution in [0, 0.1) is 0 Å². The molecule has 0 saturated heterocycles. The second-order valence-electron chi connectivity index (χ2n) is 14.6. The molecule has 1 saturated carbocycles. The summed E-state index contributed by atoms with van der Waals surface area (Å²) in [6.07, 6.45) is 7.07. The molecule has 1 spiro atoms. The highest BCUT2D eigenvalue weighted by atomic mass is 19.4. The number of rotatable bonds is 5. The highest BCUT2D eigenvalue weighted by Crippen LogP contribution is 2.63. The first-order valence-electron chi connectivity index (χ1n) is 18.5. The van der Waals surface area contributed by atoms with E-state index in [2.05, 4.69) is 12.2 Å². The van der Waals surface area contributed by atoms with Crippen molar-refractivity contribution in [1.82, 2.24) is 0 Å². The van der Waals surface area contributed by atoms with E-state index in [9.17, 15) is 13.2 Å². The number of benzene rings is 5. The Labute approximate surface area is 307 Å². The fourth-order valence-electron chi connectivity index (χ4n) is 9.56. The second-order valence-corrected chi connectivity index (χ2v) is 14.6. The molecule has 0 radical (unpaired) electrons. The fourth-order valence-corrected chi connectivity index (χ4v) is 9.56. The highest BCUT2D eigenvalue weighted by molar-refractivity contribution is 6.11. The number of alkyl halides is 3. The number of fused-ring (bicyclic) bond motifs is 12. The number of hydrogen-bond donors (Lipinski definition) is 0. The van der Waals surface area contributed by atoms with Crippen molar-refractivity contribution >= 4 is 16.8 Å². The van der Waals surface area contributed by atoms with Gasteiger partial charge in [-0.25, -0.2) is 0 Å². The van der Waals surface area contributed by atoms with E-state index >= 15 is 0 Å². The lowest BCUT2D eigenvalue weighted by atomic mass is 9.67. The van der Waals surface area contributed by atoms with Crippen molar-refractivity contribution in [3.63, 3.8) is 0 Å². The van der Waals surface area contributed by atoms with Gasteiger partial charge in [-0.3, -0.25) is 0 Å². The number of hydrogen-bond acceptors (Lipinski definition) is 5. The Bertz CT molecular complexity index is 2220. The maximum Gasteiger partial charge on any atom is 0.416 e. The summed E-state index contributed by atoms with van der Waals surface area (Å²) in [6, 6.07) is 22.2. The molecule has 2 heterocycles. The molecule has 0 bridgehead atoms. The molecule has 272 valence electrons. The SMILES string of the molecule is COc1ccc(C2(c3ccc(OC)cc3)C=Cc3c4c(c5c6c(c(OC)cc5c3O2)OCC6)-c2ccc(C(F)(F)F)cc2C42CCCCCCC2)cc1. The van der Waals surface area contributed by atoms with Gasteiger partial charge < -0.3 is 23.7 Å². The van der Waals surface area contributed by atoms with Gasteiger partial charge in [0.15, 0.2) is 17.1 Å². The Morgan fingerprint density at radius 1 is 0.717 bits per heavy atom. The van der Waals surface area contributed by atoms with Gasteiger partial charge in [-0.05, 0) is 83.6 Å². The van der Waals surface area contributed by atoms with Crippen LogP contribution in [0.25, 0.3) is 28.0 Å². The van der Waals surface area contributed by atoms with Gasteiger partial charge in [0.05, 0.1) is 33.5 Å². The molecule has 0 aromatic heterocycles. The summed E-state index contributed by atoms with van der Waals surface area (Å²) in [7, 11) is 4.93. The maximum absolute atomic E-state index is 14.5. The van der Waals surface area contributed by atoms with E-state index in [0.29, 0.717) is 30.3 Å². The standard InChI is InChI=1S/C45H41F3O5/c1-49-30-14-9-27(10-15-30)44(28-11-16-31(50-2)17-12-28)23-19-34-40-39(38-33-20-24-52-42(33)37(51-3)26-35(38)41(34)53-44)32-18-13-29(45(46,47)48)25-36(32)43(40)21-7-5-4-6-8-22-43/h9-19,23,25-26H,4-8,20-22,24H2,1-3H3. The molecule has 2 aliphatic carbocycles. The van der Waals surface area contributed by atoms with E-state index in [1.165, 1.54) is 12.1 Å². The van der Waals surface area contributed by atoms with Crippen LogP contribution in [-0.2, 0) is 23.6 Å². The Morgan fingerprint density at radius 3 is 1.96 bits per heavy atom. The van der Waals surface area contributed by atoms with Gasteiger partial charge in [0.1, 0.15) is 17.2 Å². The van der Waals surface area contributed by atoms with E-state index < -0.39 is 22.8 Å². The van der Waals surface area contributed by atoms with Crippen LogP contribution in [-0.4, -0.2) is 27.9 Å². The first kappa shape index (κ1) is 33.7. The molecule has 0 unspecified atom stereocenters. The van der Waals surface area contributed by atoms with Crippen LogP contribution in [0.1, 0.15) is 83.9 Å². The summed E-state index contributed by atoms with van der Waals surface area (Å²) in [5.41, 5.74) is 5.15. The third-order valence-electron chi connectivity index (χ3n) is 12.0. The average Bonchev–Trinajstić information content (AvgIpc) is 3.77. The third-order valence-corrected chi connectivity index (χ3v) is 12.0. The molecule has 0 N–H and O–H groups in total. The zero-order valence-corrected chi connectivity index (χ0v) is 30.1. The topological polar surface area (TPSA) is 46.2 Å². The van der Waals surface area contributed by atoms with Gasteiger partial charge in [0.25, 0.3) is 0 Å². The summed E-state index contributed by atoms with van der Waals surface area (Å²) in [5.74, 6) is 3.44. The minimum absolute atomic E-state index is 0.490. The molecule has 8 heteroatoms. The normalized spacial score (nSPS) is 17.8. The summed E-state index contributed by atoms with van der Waals surface area (Å²) in [6.45, 7) is 0.490. The number of halogens is 3. The highest BCUT2D eigenvalue weighted by Gasteiger charge is 2.50. The van der Waals surface area contributed by atoms with E-state index in [4.69, 9.17) is 23.7 Å². The molecule has 0 amide bonds. The molecule has 0 atom stereocenters. The van der Waals surface area contributed by atoms with Crippen LogP contribution in [0.4, 0.5) is 13.2 Å². The quantitative estimate of drug-likeness (QED) is 0.181. The zero-order valence-electron chi connectivity index (χ0n) is 30.1. The minimum Gasteiger partial charge on any atom is -0.497 e. The summed E-state index contributed by atoms with van der Waals surface area (Å²) >= 11 is 0. The molecule has 4 aliphatic rings. The lowest BCUT2D eigenvalue weighted by Gasteiger charge is -2.40. The predicted molar refractivity (Wildman–Crippen MR) is 200 cm³/mol.